The fraction of sp³-hybridized carbons (Fsp3) is 0.0189. The van der Waals surface area contributed by atoms with Gasteiger partial charge in [-0.2, -0.15) is 0 Å². The Morgan fingerprint density at radius 3 is 1.57 bits per heavy atom. The zero-order chi connectivity index (χ0) is 36.6. The molecule has 4 heterocycles. The fourth-order valence-electron chi connectivity index (χ4n) is 11.1. The van der Waals surface area contributed by atoms with Crippen LogP contribution in [-0.4, -0.2) is 8.07 Å². The number of fused-ring (bicyclic) bond motifs is 20. The second kappa shape index (κ2) is 11.1. The van der Waals surface area contributed by atoms with Crippen LogP contribution in [0.25, 0.3) is 33.0 Å². The minimum atomic E-state index is -2.64. The molecule has 56 heavy (non-hydrogen) atoms. The maximum atomic E-state index is 2.59. The van der Waals surface area contributed by atoms with Gasteiger partial charge in [0.25, 0.3) is 0 Å². The van der Waals surface area contributed by atoms with Gasteiger partial charge in [0.1, 0.15) is 0 Å². The van der Waals surface area contributed by atoms with Gasteiger partial charge < -0.3 is 4.90 Å². The molecule has 0 amide bonds. The molecule has 4 aliphatic rings. The second-order valence-electron chi connectivity index (χ2n) is 15.5. The van der Waals surface area contributed by atoms with Crippen LogP contribution in [0.3, 0.4) is 0 Å². The van der Waals surface area contributed by atoms with Crippen molar-refractivity contribution in [3.8, 4) is 22.3 Å². The van der Waals surface area contributed by atoms with Gasteiger partial charge >= 0.3 is 0 Å². The van der Waals surface area contributed by atoms with Crippen molar-refractivity contribution in [1.82, 2.24) is 0 Å². The van der Waals surface area contributed by atoms with Gasteiger partial charge in [0.05, 0.1) is 16.8 Å². The van der Waals surface area contributed by atoms with Crippen LogP contribution in [0.4, 0.5) is 17.1 Å². The third-order valence-corrected chi connectivity index (χ3v) is 19.2. The second-order valence-corrected chi connectivity index (χ2v) is 20.2. The topological polar surface area (TPSA) is 3.24 Å². The molecule has 13 rings (SSSR count). The Morgan fingerprint density at radius 2 is 0.911 bits per heavy atom. The molecular formula is C53H33NSSi. The molecule has 260 valence electrons. The molecule has 0 saturated heterocycles. The van der Waals surface area contributed by atoms with Crippen molar-refractivity contribution in [3.63, 3.8) is 0 Å². The van der Waals surface area contributed by atoms with Gasteiger partial charge in [-0.1, -0.05) is 176 Å². The first-order valence-corrected chi connectivity index (χ1v) is 22.3. The molecule has 0 radical (unpaired) electrons. The van der Waals surface area contributed by atoms with Crippen molar-refractivity contribution in [3.05, 3.63) is 222 Å². The van der Waals surface area contributed by atoms with E-state index in [9.17, 15) is 0 Å². The van der Waals surface area contributed by atoms with E-state index in [0.29, 0.717) is 0 Å². The lowest BCUT2D eigenvalue weighted by atomic mass is 9.61. The van der Waals surface area contributed by atoms with Gasteiger partial charge in [0.15, 0.2) is 8.07 Å². The van der Waals surface area contributed by atoms with Crippen LogP contribution in [0, 0.1) is 0 Å². The van der Waals surface area contributed by atoms with Crippen LogP contribution in [0.5, 0.6) is 0 Å². The summed E-state index contributed by atoms with van der Waals surface area (Å²) in [4.78, 5) is 5.22. The van der Waals surface area contributed by atoms with E-state index in [1.165, 1.54) is 103 Å². The Bertz CT molecular complexity index is 3050. The third-order valence-electron chi connectivity index (χ3n) is 13.1. The zero-order valence-electron chi connectivity index (χ0n) is 30.4. The van der Waals surface area contributed by atoms with Crippen LogP contribution < -0.4 is 25.6 Å². The standard InChI is InChI=1S/C53H33NSSi/c1-2-16-36-34(15-1)29-32-45-52(36)53(42-21-7-10-24-46(42)55-47-25-11-8-22-43(47)53)41-20-6-9-23-44(41)54(45)35-30-31-40-39-19-5-14-28-50(39)56(51(40)33-35)48-26-12-3-17-37(48)38-18-4-13-27-49(38)56/h1-33H. The monoisotopic (exact) mass is 743 g/mol. The van der Waals surface area contributed by atoms with E-state index in [4.69, 9.17) is 0 Å². The normalized spacial score (nSPS) is 15.3. The fourth-order valence-corrected chi connectivity index (χ4v) is 18.0. The molecule has 2 spiro atoms. The Labute approximate surface area is 331 Å². The number of rotatable bonds is 1. The molecule has 1 nitrogen and oxygen atoms in total. The van der Waals surface area contributed by atoms with Crippen molar-refractivity contribution < 1.29 is 0 Å². The molecule has 0 N–H and O–H groups in total. The lowest BCUT2D eigenvalue weighted by Gasteiger charge is -2.49. The molecule has 0 fully saturated rings. The molecule has 0 aliphatic carbocycles. The molecule has 0 atom stereocenters. The minimum absolute atomic E-state index is 0.520. The molecular weight excluding hydrogens is 711 g/mol. The minimum Gasteiger partial charge on any atom is -0.310 e. The summed E-state index contributed by atoms with van der Waals surface area (Å²) in [6, 6.07) is 76.4. The highest BCUT2D eigenvalue weighted by atomic mass is 32.2. The van der Waals surface area contributed by atoms with Crippen LogP contribution in [0.15, 0.2) is 210 Å². The van der Waals surface area contributed by atoms with Crippen LogP contribution >= 0.6 is 11.8 Å². The van der Waals surface area contributed by atoms with Gasteiger partial charge in [0.2, 0.25) is 0 Å². The molecule has 0 bridgehead atoms. The Kier molecular flexibility index (Phi) is 6.12. The lowest BCUT2D eigenvalue weighted by molar-refractivity contribution is 0.698. The predicted octanol–water partition coefficient (Wildman–Crippen LogP) is 10.8. The van der Waals surface area contributed by atoms with Crippen molar-refractivity contribution in [2.75, 3.05) is 4.90 Å². The van der Waals surface area contributed by atoms with Gasteiger partial charge in [-0.25, -0.2) is 0 Å². The van der Waals surface area contributed by atoms with Gasteiger partial charge in [-0.05, 0) is 107 Å². The van der Waals surface area contributed by atoms with Crippen LogP contribution in [-0.2, 0) is 5.41 Å². The van der Waals surface area contributed by atoms with Gasteiger partial charge in [-0.15, -0.1) is 0 Å². The first-order chi connectivity index (χ1) is 27.8. The number of para-hydroxylation sites is 1. The summed E-state index contributed by atoms with van der Waals surface area (Å²) in [6.45, 7) is 0. The highest BCUT2D eigenvalue weighted by Crippen LogP contribution is 2.64. The lowest BCUT2D eigenvalue weighted by Crippen LogP contribution is -2.70. The Hall–Kier alpha value is -6.39. The van der Waals surface area contributed by atoms with E-state index < -0.39 is 13.5 Å². The van der Waals surface area contributed by atoms with Crippen molar-refractivity contribution in [2.45, 2.75) is 15.2 Å². The number of anilines is 3. The average molecular weight is 744 g/mol. The smallest absolute Gasteiger partial charge is 0.182 e. The van der Waals surface area contributed by atoms with E-state index in [-0.39, 0.29) is 0 Å². The first-order valence-electron chi connectivity index (χ1n) is 19.5. The average Bonchev–Trinajstić information content (AvgIpc) is 3.73. The largest absolute Gasteiger partial charge is 0.310 e. The highest BCUT2D eigenvalue weighted by Gasteiger charge is 2.55. The summed E-state index contributed by atoms with van der Waals surface area (Å²) in [5.41, 5.74) is 14.0. The molecule has 4 aliphatic heterocycles. The zero-order valence-corrected chi connectivity index (χ0v) is 32.2. The quantitative estimate of drug-likeness (QED) is 0.154. The van der Waals surface area contributed by atoms with E-state index in [1.807, 2.05) is 11.8 Å². The van der Waals surface area contributed by atoms with E-state index in [1.54, 1.807) is 0 Å². The summed E-state index contributed by atoms with van der Waals surface area (Å²) < 4.78 is 0. The van der Waals surface area contributed by atoms with Crippen molar-refractivity contribution in [2.24, 2.45) is 0 Å². The summed E-state index contributed by atoms with van der Waals surface area (Å²) in [5.74, 6) is 0. The predicted molar refractivity (Wildman–Crippen MR) is 236 cm³/mol. The number of benzene rings is 9. The van der Waals surface area contributed by atoms with Crippen molar-refractivity contribution in [1.29, 1.82) is 0 Å². The summed E-state index contributed by atoms with van der Waals surface area (Å²) in [6.07, 6.45) is 0. The number of hydrogen-bond donors (Lipinski definition) is 0. The van der Waals surface area contributed by atoms with Crippen LogP contribution in [0.2, 0.25) is 0 Å². The maximum absolute atomic E-state index is 2.64. The molecule has 9 aromatic rings. The molecule has 3 heteroatoms. The number of hydrogen-bond acceptors (Lipinski definition) is 2. The Balaban J connectivity index is 1.15. The molecule has 0 saturated carbocycles. The third kappa shape index (κ3) is 3.64. The summed E-state index contributed by atoms with van der Waals surface area (Å²) >= 11 is 1.90. The maximum Gasteiger partial charge on any atom is 0.182 e. The summed E-state index contributed by atoms with van der Waals surface area (Å²) in [5, 5.41) is 8.54. The molecule has 9 aromatic carbocycles. The van der Waals surface area contributed by atoms with Crippen molar-refractivity contribution >= 4 is 68.4 Å². The highest BCUT2D eigenvalue weighted by molar-refractivity contribution is 7.99. The molecule has 0 aromatic heterocycles. The van der Waals surface area contributed by atoms with E-state index >= 15 is 0 Å². The SMILES string of the molecule is c1ccc2c(c1)Sc1ccccc1C21c2ccccc2N(c2ccc3c(c2)[Si]2(c4ccccc4-c4ccccc42)c2ccccc2-3)c2ccc3ccccc3c21. The summed E-state index contributed by atoms with van der Waals surface area (Å²) in [7, 11) is -2.64. The van der Waals surface area contributed by atoms with Gasteiger partial charge in [0, 0.05) is 21.0 Å². The molecule has 0 unspecified atom stereocenters. The number of nitrogens with zero attached hydrogens (tertiary/aromatic N) is 1. The van der Waals surface area contributed by atoms with E-state index in [0.717, 1.165) is 0 Å². The first kappa shape index (κ1) is 30.9. The Morgan fingerprint density at radius 1 is 0.393 bits per heavy atom. The van der Waals surface area contributed by atoms with Gasteiger partial charge in [-0.3, -0.25) is 0 Å². The van der Waals surface area contributed by atoms with E-state index in [2.05, 4.69) is 205 Å². The van der Waals surface area contributed by atoms with Crippen LogP contribution in [0.1, 0.15) is 22.3 Å².